The second kappa shape index (κ2) is 6.56. The highest BCUT2D eigenvalue weighted by atomic mass is 19.1. The number of nitrogens with zero attached hydrogens (tertiary/aromatic N) is 1. The molecule has 2 rings (SSSR count). The molecule has 1 aliphatic carbocycles. The van der Waals surface area contributed by atoms with Gasteiger partial charge in [-0.15, -0.1) is 0 Å². The summed E-state index contributed by atoms with van der Waals surface area (Å²) in [6, 6.07) is 3.21. The number of carboxylic acid groups (broad SMARTS) is 1. The van der Waals surface area contributed by atoms with Crippen LogP contribution in [0.5, 0.6) is 0 Å². The van der Waals surface area contributed by atoms with E-state index in [2.05, 4.69) is 5.32 Å². The maximum Gasteiger partial charge on any atom is 0.335 e. The Morgan fingerprint density at radius 3 is 2.71 bits per heavy atom. The molecule has 1 aromatic rings. The fraction of sp³-hybridized carbons (Fsp3) is 0.467. The number of aromatic carboxylic acids is 1. The molecule has 1 aliphatic rings. The van der Waals surface area contributed by atoms with Gasteiger partial charge in [0.1, 0.15) is 5.82 Å². The van der Waals surface area contributed by atoms with E-state index in [4.69, 9.17) is 5.11 Å². The SMILES string of the molecule is CCCCN(C(=O)Nc1cc(C(=O)O)ccc1F)C1CC1. The zero-order valence-corrected chi connectivity index (χ0v) is 11.9. The Morgan fingerprint density at radius 1 is 1.43 bits per heavy atom. The lowest BCUT2D eigenvalue weighted by Gasteiger charge is -2.22. The summed E-state index contributed by atoms with van der Waals surface area (Å²) >= 11 is 0. The van der Waals surface area contributed by atoms with Gasteiger partial charge in [-0.05, 0) is 37.5 Å². The van der Waals surface area contributed by atoms with Gasteiger partial charge in [-0.3, -0.25) is 0 Å². The average molecular weight is 294 g/mol. The van der Waals surface area contributed by atoms with Crippen LogP contribution in [0.2, 0.25) is 0 Å². The Labute approximate surface area is 122 Å². The predicted molar refractivity (Wildman–Crippen MR) is 77.0 cm³/mol. The number of carbonyl (C=O) groups excluding carboxylic acids is 1. The molecule has 0 radical (unpaired) electrons. The van der Waals surface area contributed by atoms with Crippen molar-refractivity contribution in [3.8, 4) is 0 Å². The first-order valence-corrected chi connectivity index (χ1v) is 7.13. The van der Waals surface area contributed by atoms with E-state index in [1.807, 2.05) is 6.92 Å². The molecule has 1 aromatic carbocycles. The molecule has 0 atom stereocenters. The average Bonchev–Trinajstić information content (AvgIpc) is 3.26. The van der Waals surface area contributed by atoms with Gasteiger partial charge in [0.05, 0.1) is 11.3 Å². The van der Waals surface area contributed by atoms with E-state index in [0.29, 0.717) is 6.54 Å². The summed E-state index contributed by atoms with van der Waals surface area (Å²) in [4.78, 5) is 24.8. The molecule has 0 spiro atoms. The van der Waals surface area contributed by atoms with E-state index >= 15 is 0 Å². The van der Waals surface area contributed by atoms with Crippen molar-refractivity contribution in [1.29, 1.82) is 0 Å². The Kier molecular flexibility index (Phi) is 4.77. The first-order valence-electron chi connectivity index (χ1n) is 7.13. The number of carbonyl (C=O) groups is 2. The molecule has 1 fully saturated rings. The minimum atomic E-state index is -1.16. The molecule has 6 heteroatoms. The molecule has 0 unspecified atom stereocenters. The van der Waals surface area contributed by atoms with Crippen LogP contribution in [-0.4, -0.2) is 34.6 Å². The maximum atomic E-state index is 13.7. The van der Waals surface area contributed by atoms with E-state index in [9.17, 15) is 14.0 Å². The van der Waals surface area contributed by atoms with E-state index < -0.39 is 11.8 Å². The Bertz CT molecular complexity index is 544. The highest BCUT2D eigenvalue weighted by Crippen LogP contribution is 2.28. The summed E-state index contributed by atoms with van der Waals surface area (Å²) in [7, 11) is 0. The third kappa shape index (κ3) is 3.93. The van der Waals surface area contributed by atoms with Crippen molar-refractivity contribution in [2.24, 2.45) is 0 Å². The lowest BCUT2D eigenvalue weighted by Crippen LogP contribution is -2.37. The summed E-state index contributed by atoms with van der Waals surface area (Å²) in [5.41, 5.74) is -0.153. The van der Waals surface area contributed by atoms with E-state index in [-0.39, 0.29) is 23.3 Å². The minimum Gasteiger partial charge on any atom is -0.478 e. The van der Waals surface area contributed by atoms with Crippen LogP contribution in [0, 0.1) is 5.82 Å². The van der Waals surface area contributed by atoms with Crippen molar-refractivity contribution in [3.05, 3.63) is 29.6 Å². The second-order valence-corrected chi connectivity index (χ2v) is 5.21. The molecule has 21 heavy (non-hydrogen) atoms. The minimum absolute atomic E-state index is 0.0572. The fourth-order valence-electron chi connectivity index (χ4n) is 2.11. The van der Waals surface area contributed by atoms with Gasteiger partial charge in [-0.2, -0.15) is 0 Å². The third-order valence-electron chi connectivity index (χ3n) is 3.46. The first-order chi connectivity index (χ1) is 10.0. The number of unbranched alkanes of at least 4 members (excludes halogenated alkanes) is 1. The molecule has 0 heterocycles. The number of anilines is 1. The van der Waals surface area contributed by atoms with Crippen molar-refractivity contribution in [1.82, 2.24) is 4.90 Å². The lowest BCUT2D eigenvalue weighted by atomic mass is 10.2. The van der Waals surface area contributed by atoms with Gasteiger partial charge < -0.3 is 15.3 Å². The van der Waals surface area contributed by atoms with Gasteiger partial charge in [0.2, 0.25) is 0 Å². The first kappa shape index (κ1) is 15.3. The Balaban J connectivity index is 2.10. The molecule has 0 aliphatic heterocycles. The molecular formula is C15H19FN2O3. The van der Waals surface area contributed by atoms with Crippen LogP contribution in [0.25, 0.3) is 0 Å². The third-order valence-corrected chi connectivity index (χ3v) is 3.46. The van der Waals surface area contributed by atoms with Crippen LogP contribution < -0.4 is 5.32 Å². The zero-order chi connectivity index (χ0) is 15.4. The number of nitrogens with one attached hydrogen (secondary N) is 1. The number of hydrogen-bond acceptors (Lipinski definition) is 2. The highest BCUT2D eigenvalue weighted by molar-refractivity contribution is 5.93. The summed E-state index contributed by atoms with van der Waals surface area (Å²) < 4.78 is 13.7. The number of hydrogen-bond donors (Lipinski definition) is 2. The standard InChI is InChI=1S/C15H19FN2O3/c1-2-3-8-18(11-5-6-11)15(21)17-13-9-10(14(19)20)4-7-12(13)16/h4,7,9,11H,2-3,5-6,8H2,1H3,(H,17,21)(H,19,20). The van der Waals surface area contributed by atoms with Crippen LogP contribution in [-0.2, 0) is 0 Å². The van der Waals surface area contributed by atoms with Gasteiger partial charge in [0.15, 0.2) is 0 Å². The summed E-state index contributed by atoms with van der Waals surface area (Å²) in [5.74, 6) is -1.80. The molecular weight excluding hydrogens is 275 g/mol. The molecule has 2 N–H and O–H groups in total. The quantitative estimate of drug-likeness (QED) is 0.845. The fourth-order valence-corrected chi connectivity index (χ4v) is 2.11. The summed E-state index contributed by atoms with van der Waals surface area (Å²) in [6.45, 7) is 2.67. The van der Waals surface area contributed by atoms with Crippen molar-refractivity contribution in [3.63, 3.8) is 0 Å². The largest absolute Gasteiger partial charge is 0.478 e. The lowest BCUT2D eigenvalue weighted by molar-refractivity contribution is 0.0697. The van der Waals surface area contributed by atoms with Crippen molar-refractivity contribution in [2.75, 3.05) is 11.9 Å². The number of carboxylic acids is 1. The van der Waals surface area contributed by atoms with Crippen molar-refractivity contribution in [2.45, 2.75) is 38.6 Å². The van der Waals surface area contributed by atoms with Gasteiger partial charge in [0, 0.05) is 12.6 Å². The highest BCUT2D eigenvalue weighted by Gasteiger charge is 2.32. The normalized spacial score (nSPS) is 13.8. The number of urea groups is 1. The predicted octanol–water partition coefficient (Wildman–Crippen LogP) is 3.32. The summed E-state index contributed by atoms with van der Waals surface area (Å²) in [5, 5.41) is 11.4. The van der Waals surface area contributed by atoms with Crippen LogP contribution in [0.4, 0.5) is 14.9 Å². The monoisotopic (exact) mass is 294 g/mol. The van der Waals surface area contributed by atoms with E-state index in [1.165, 1.54) is 6.07 Å². The maximum absolute atomic E-state index is 13.7. The molecule has 2 amide bonds. The Morgan fingerprint density at radius 2 is 2.14 bits per heavy atom. The Hall–Kier alpha value is -2.11. The van der Waals surface area contributed by atoms with Crippen molar-refractivity contribution >= 4 is 17.7 Å². The molecule has 0 bridgehead atoms. The zero-order valence-electron chi connectivity index (χ0n) is 11.9. The van der Waals surface area contributed by atoms with Gasteiger partial charge >= 0.3 is 12.0 Å². The van der Waals surface area contributed by atoms with Gasteiger partial charge in [-0.25, -0.2) is 14.0 Å². The van der Waals surface area contributed by atoms with E-state index in [1.54, 1.807) is 4.90 Å². The topological polar surface area (TPSA) is 69.6 Å². The van der Waals surface area contributed by atoms with Crippen LogP contribution in [0.15, 0.2) is 18.2 Å². The molecule has 0 saturated heterocycles. The molecule has 0 aromatic heterocycles. The smallest absolute Gasteiger partial charge is 0.335 e. The summed E-state index contributed by atoms with van der Waals surface area (Å²) in [6.07, 6.45) is 3.80. The van der Waals surface area contributed by atoms with Crippen LogP contribution >= 0.6 is 0 Å². The number of halogens is 1. The second-order valence-electron chi connectivity index (χ2n) is 5.21. The molecule has 5 nitrogen and oxygen atoms in total. The molecule has 1 saturated carbocycles. The van der Waals surface area contributed by atoms with Crippen LogP contribution in [0.1, 0.15) is 43.0 Å². The van der Waals surface area contributed by atoms with Crippen molar-refractivity contribution < 1.29 is 19.1 Å². The van der Waals surface area contributed by atoms with E-state index in [0.717, 1.165) is 37.8 Å². The van der Waals surface area contributed by atoms with Gasteiger partial charge in [-0.1, -0.05) is 13.3 Å². The number of benzene rings is 1. The van der Waals surface area contributed by atoms with Gasteiger partial charge in [0.25, 0.3) is 0 Å². The number of rotatable bonds is 6. The van der Waals surface area contributed by atoms with Crippen LogP contribution in [0.3, 0.4) is 0 Å². The number of amides is 2. The molecule has 114 valence electrons.